The Labute approximate surface area is 160 Å². The van der Waals surface area contributed by atoms with Gasteiger partial charge in [-0.15, -0.1) is 0 Å². The molecule has 0 bridgehead atoms. The van der Waals surface area contributed by atoms with Gasteiger partial charge in [0, 0.05) is 31.4 Å². The lowest BCUT2D eigenvalue weighted by Crippen LogP contribution is -2.43. The van der Waals surface area contributed by atoms with Gasteiger partial charge in [-0.3, -0.25) is 4.90 Å². The Morgan fingerprint density at radius 3 is 2.42 bits per heavy atom. The van der Waals surface area contributed by atoms with Gasteiger partial charge >= 0.3 is 0 Å². The summed E-state index contributed by atoms with van der Waals surface area (Å²) in [5.41, 5.74) is 7.12. The maximum Gasteiger partial charge on any atom is 0.0940 e. The van der Waals surface area contributed by atoms with Gasteiger partial charge in [-0.05, 0) is 70.3 Å². The Hall–Kier alpha value is -1.16. The fourth-order valence-corrected chi connectivity index (χ4v) is 5.18. The highest BCUT2D eigenvalue weighted by atomic mass is 15.3. The topological polar surface area (TPSA) is 44.5 Å². The Kier molecular flexibility index (Phi) is 6.55. The zero-order valence-electron chi connectivity index (χ0n) is 17.1. The van der Waals surface area contributed by atoms with Gasteiger partial charge < -0.3 is 16.0 Å². The van der Waals surface area contributed by atoms with E-state index in [9.17, 15) is 0 Å². The van der Waals surface area contributed by atoms with E-state index in [4.69, 9.17) is 5.73 Å². The van der Waals surface area contributed by atoms with E-state index in [1.54, 1.807) is 0 Å². The van der Waals surface area contributed by atoms with Crippen molar-refractivity contribution < 1.29 is 0 Å². The lowest BCUT2D eigenvalue weighted by Gasteiger charge is -2.34. The molecule has 0 radical (unpaired) electrons. The first-order chi connectivity index (χ1) is 12.5. The molecule has 0 amide bonds. The number of hydrogen-bond donors (Lipinski definition) is 2. The second-order valence-electron chi connectivity index (χ2n) is 8.97. The Morgan fingerprint density at radius 1 is 1.15 bits per heavy atom. The highest BCUT2D eigenvalue weighted by molar-refractivity contribution is 5.07. The van der Waals surface area contributed by atoms with Crippen LogP contribution in [0.2, 0.25) is 0 Å². The number of rotatable bonds is 10. The summed E-state index contributed by atoms with van der Waals surface area (Å²) in [5, 5.41) is 3.65. The van der Waals surface area contributed by atoms with Gasteiger partial charge in [-0.1, -0.05) is 26.0 Å². The van der Waals surface area contributed by atoms with Crippen LogP contribution in [-0.2, 0) is 0 Å². The zero-order chi connectivity index (χ0) is 18.7. The zero-order valence-corrected chi connectivity index (χ0v) is 17.1. The average molecular weight is 361 g/mol. The van der Waals surface area contributed by atoms with Crippen molar-refractivity contribution in [3.63, 3.8) is 0 Å². The van der Waals surface area contributed by atoms with E-state index in [1.807, 2.05) is 0 Å². The van der Waals surface area contributed by atoms with E-state index in [2.05, 4.69) is 42.1 Å². The third-order valence-electron chi connectivity index (χ3n) is 6.90. The molecule has 26 heavy (non-hydrogen) atoms. The van der Waals surface area contributed by atoms with Gasteiger partial charge in [0.2, 0.25) is 0 Å². The molecule has 0 spiro atoms. The van der Waals surface area contributed by atoms with Crippen LogP contribution in [0.3, 0.4) is 0 Å². The molecule has 1 aliphatic heterocycles. The highest BCUT2D eigenvalue weighted by Crippen LogP contribution is 2.35. The van der Waals surface area contributed by atoms with Crippen LogP contribution in [0.1, 0.15) is 58.8 Å². The molecular weight excluding hydrogens is 320 g/mol. The van der Waals surface area contributed by atoms with Crippen molar-refractivity contribution in [2.45, 2.75) is 70.9 Å². The number of nitrogens with one attached hydrogen (secondary N) is 1. The van der Waals surface area contributed by atoms with Crippen molar-refractivity contribution in [1.82, 2.24) is 15.1 Å². The monoisotopic (exact) mass is 360 g/mol. The fourth-order valence-electron chi connectivity index (χ4n) is 5.18. The van der Waals surface area contributed by atoms with Crippen molar-refractivity contribution in [3.05, 3.63) is 24.7 Å². The summed E-state index contributed by atoms with van der Waals surface area (Å²) < 4.78 is 0. The van der Waals surface area contributed by atoms with Crippen LogP contribution in [0.4, 0.5) is 0 Å². The maximum absolute atomic E-state index is 6.24. The summed E-state index contributed by atoms with van der Waals surface area (Å²) in [6.07, 6.45) is 9.37. The molecule has 4 nitrogen and oxygen atoms in total. The summed E-state index contributed by atoms with van der Waals surface area (Å²) in [6, 6.07) is 0.956. The standard InChI is InChI=1S/C22H40N4/c1-5-25(18(4)24-17(3)20-10-11-20)14-19-12-13-26(15-19)22(16(2)23)21-8-6-7-9-21/h17,19-22,24H,2,4-15,23H2,1,3H3. The highest BCUT2D eigenvalue weighted by Gasteiger charge is 2.36. The minimum atomic E-state index is 0.397. The number of hydrogen-bond acceptors (Lipinski definition) is 4. The van der Waals surface area contributed by atoms with Crippen molar-refractivity contribution in [2.24, 2.45) is 23.5 Å². The summed E-state index contributed by atoms with van der Waals surface area (Å²) >= 11 is 0. The molecule has 3 unspecified atom stereocenters. The molecule has 1 saturated heterocycles. The van der Waals surface area contributed by atoms with Gasteiger partial charge in [0.05, 0.1) is 11.9 Å². The SMILES string of the molecule is C=C(N)C(C1CCCC1)N1CCC(CN(CC)C(=C)NC(C)C2CC2)C1. The van der Waals surface area contributed by atoms with Gasteiger partial charge in [0.15, 0.2) is 0 Å². The first-order valence-corrected chi connectivity index (χ1v) is 10.9. The molecule has 3 N–H and O–H groups in total. The van der Waals surface area contributed by atoms with Gasteiger partial charge in [0.1, 0.15) is 0 Å². The van der Waals surface area contributed by atoms with Gasteiger partial charge in [0.25, 0.3) is 0 Å². The Balaban J connectivity index is 1.51. The smallest absolute Gasteiger partial charge is 0.0940 e. The van der Waals surface area contributed by atoms with Crippen LogP contribution in [0.15, 0.2) is 24.7 Å². The van der Waals surface area contributed by atoms with Crippen LogP contribution in [0.5, 0.6) is 0 Å². The molecular formula is C22H40N4. The summed E-state index contributed by atoms with van der Waals surface area (Å²) in [5.74, 6) is 3.40. The Morgan fingerprint density at radius 2 is 1.85 bits per heavy atom. The van der Waals surface area contributed by atoms with Crippen LogP contribution in [-0.4, -0.2) is 48.1 Å². The van der Waals surface area contributed by atoms with Crippen LogP contribution < -0.4 is 11.1 Å². The quantitative estimate of drug-likeness (QED) is 0.626. The Bertz CT molecular complexity index is 492. The van der Waals surface area contributed by atoms with Gasteiger partial charge in [-0.25, -0.2) is 0 Å². The fraction of sp³-hybridized carbons (Fsp3) is 0.818. The van der Waals surface area contributed by atoms with E-state index in [1.165, 1.54) is 44.9 Å². The van der Waals surface area contributed by atoms with Crippen molar-refractivity contribution in [1.29, 1.82) is 0 Å². The van der Waals surface area contributed by atoms with Crippen LogP contribution in [0.25, 0.3) is 0 Å². The van der Waals surface area contributed by atoms with Crippen molar-refractivity contribution in [2.75, 3.05) is 26.2 Å². The summed E-state index contributed by atoms with van der Waals surface area (Å²) in [4.78, 5) is 5.06. The first kappa shape index (κ1) is 19.6. The minimum Gasteiger partial charge on any atom is -0.401 e. The van der Waals surface area contributed by atoms with Gasteiger partial charge in [-0.2, -0.15) is 0 Å². The second-order valence-corrected chi connectivity index (χ2v) is 8.97. The molecule has 148 valence electrons. The van der Waals surface area contributed by atoms with Crippen LogP contribution >= 0.6 is 0 Å². The minimum absolute atomic E-state index is 0.397. The van der Waals surface area contributed by atoms with E-state index in [0.29, 0.717) is 18.0 Å². The van der Waals surface area contributed by atoms with E-state index in [0.717, 1.165) is 49.5 Å². The molecule has 4 heteroatoms. The number of likely N-dealkylation sites (tertiary alicyclic amines) is 1. The van der Waals surface area contributed by atoms with Crippen LogP contribution in [0, 0.1) is 17.8 Å². The molecule has 0 aromatic carbocycles. The number of nitrogens with zero attached hydrogens (tertiary/aromatic N) is 2. The van der Waals surface area contributed by atoms with E-state index >= 15 is 0 Å². The third kappa shape index (κ3) is 4.76. The summed E-state index contributed by atoms with van der Waals surface area (Å²) in [6.45, 7) is 17.4. The lowest BCUT2D eigenvalue weighted by atomic mass is 9.94. The second kappa shape index (κ2) is 8.69. The van der Waals surface area contributed by atoms with E-state index < -0.39 is 0 Å². The molecule has 3 fully saturated rings. The molecule has 3 aliphatic rings. The van der Waals surface area contributed by atoms with Crippen molar-refractivity contribution >= 4 is 0 Å². The maximum atomic E-state index is 6.24. The van der Waals surface area contributed by atoms with E-state index in [-0.39, 0.29) is 0 Å². The number of nitrogens with two attached hydrogens (primary N) is 1. The normalized spacial score (nSPS) is 26.6. The average Bonchev–Trinajstić information content (AvgIpc) is 3.14. The molecule has 3 atom stereocenters. The summed E-state index contributed by atoms with van der Waals surface area (Å²) in [7, 11) is 0. The molecule has 0 aromatic heterocycles. The predicted molar refractivity (Wildman–Crippen MR) is 110 cm³/mol. The molecule has 3 rings (SSSR count). The van der Waals surface area contributed by atoms with Crippen molar-refractivity contribution in [3.8, 4) is 0 Å². The predicted octanol–water partition coefficient (Wildman–Crippen LogP) is 3.52. The third-order valence-corrected chi connectivity index (χ3v) is 6.90. The first-order valence-electron chi connectivity index (χ1n) is 10.9. The molecule has 2 aliphatic carbocycles. The molecule has 0 aromatic rings. The lowest BCUT2D eigenvalue weighted by molar-refractivity contribution is 0.189. The largest absolute Gasteiger partial charge is 0.401 e. The molecule has 1 heterocycles. The molecule has 2 saturated carbocycles.